The van der Waals surface area contributed by atoms with E-state index in [0.29, 0.717) is 6.54 Å². The van der Waals surface area contributed by atoms with Gasteiger partial charge in [0.2, 0.25) is 0 Å². The van der Waals surface area contributed by atoms with Crippen LogP contribution < -0.4 is 14.8 Å². The minimum atomic E-state index is -0.542. The first kappa shape index (κ1) is 23.8. The quantitative estimate of drug-likeness (QED) is 0.400. The van der Waals surface area contributed by atoms with Crippen molar-refractivity contribution in [3.8, 4) is 11.5 Å². The Kier molecular flexibility index (Phi) is 9.57. The summed E-state index contributed by atoms with van der Waals surface area (Å²) in [7, 11) is 3.71. The zero-order valence-electron chi connectivity index (χ0n) is 19.0. The minimum Gasteiger partial charge on any atom is -0.496 e. The lowest BCUT2D eigenvalue weighted by Crippen LogP contribution is -2.32. The second-order valence-electron chi connectivity index (χ2n) is 8.03. The van der Waals surface area contributed by atoms with Gasteiger partial charge in [-0.2, -0.15) is 0 Å². The van der Waals surface area contributed by atoms with Gasteiger partial charge in [0, 0.05) is 19.6 Å². The molecule has 0 fully saturated rings. The zero-order chi connectivity index (χ0) is 22.6. The van der Waals surface area contributed by atoms with Crippen molar-refractivity contribution in [2.75, 3.05) is 33.9 Å². The summed E-state index contributed by atoms with van der Waals surface area (Å²) >= 11 is 0. The van der Waals surface area contributed by atoms with Gasteiger partial charge in [-0.25, -0.2) is 0 Å². The molecule has 0 aromatic heterocycles. The Balaban J connectivity index is 1.34. The van der Waals surface area contributed by atoms with Crippen molar-refractivity contribution in [2.24, 2.45) is 0 Å². The molecule has 2 N–H and O–H groups in total. The molecule has 5 nitrogen and oxygen atoms in total. The monoisotopic (exact) mass is 434 g/mol. The van der Waals surface area contributed by atoms with Gasteiger partial charge in [-0.3, -0.25) is 4.90 Å². The number of nitrogens with zero attached hydrogens (tertiary/aromatic N) is 1. The van der Waals surface area contributed by atoms with Gasteiger partial charge in [0.05, 0.1) is 7.11 Å². The maximum Gasteiger partial charge on any atom is 0.122 e. The van der Waals surface area contributed by atoms with Gasteiger partial charge in [-0.15, -0.1) is 0 Å². The van der Waals surface area contributed by atoms with Gasteiger partial charge in [-0.05, 0) is 54.9 Å². The van der Waals surface area contributed by atoms with E-state index in [0.717, 1.165) is 37.6 Å². The number of methoxy groups -OCH3 is 1. The Morgan fingerprint density at radius 3 is 2.38 bits per heavy atom. The van der Waals surface area contributed by atoms with Crippen LogP contribution in [0.5, 0.6) is 11.5 Å². The second kappa shape index (κ2) is 12.9. The number of aliphatic hydroxyl groups excluding tert-OH is 1. The molecule has 0 heterocycles. The molecule has 0 radical (unpaired) electrons. The van der Waals surface area contributed by atoms with Crippen molar-refractivity contribution in [1.82, 2.24) is 10.2 Å². The molecule has 5 heteroatoms. The topological polar surface area (TPSA) is 54.0 Å². The molecule has 3 aromatic rings. The standard InChI is InChI=1S/C27H34N2O3/c1-29(19-23-8-4-3-5-9-23)20-25(30)21-32-26-14-12-22(13-15-26)18-28-17-16-24-10-6-7-11-27(24)31-2/h3-15,25,28,30H,16-21H2,1-2H3. The number of likely N-dealkylation sites (N-methyl/N-ethyl adjacent to an activating group) is 1. The summed E-state index contributed by atoms with van der Waals surface area (Å²) < 4.78 is 11.2. The first-order valence-corrected chi connectivity index (χ1v) is 11.1. The summed E-state index contributed by atoms with van der Waals surface area (Å²) in [5.74, 6) is 1.71. The lowest BCUT2D eigenvalue weighted by Gasteiger charge is -2.21. The minimum absolute atomic E-state index is 0.273. The number of rotatable bonds is 13. The smallest absolute Gasteiger partial charge is 0.122 e. The van der Waals surface area contributed by atoms with Gasteiger partial charge in [0.25, 0.3) is 0 Å². The van der Waals surface area contributed by atoms with Crippen LogP contribution >= 0.6 is 0 Å². The van der Waals surface area contributed by atoms with Gasteiger partial charge in [0.1, 0.15) is 24.2 Å². The second-order valence-corrected chi connectivity index (χ2v) is 8.03. The van der Waals surface area contributed by atoms with E-state index in [-0.39, 0.29) is 6.61 Å². The molecule has 32 heavy (non-hydrogen) atoms. The van der Waals surface area contributed by atoms with Crippen LogP contribution in [0.1, 0.15) is 16.7 Å². The van der Waals surface area contributed by atoms with Gasteiger partial charge < -0.3 is 19.9 Å². The molecule has 0 amide bonds. The Hall–Kier alpha value is -2.86. The molecule has 3 aromatic carbocycles. The van der Waals surface area contributed by atoms with Crippen LogP contribution in [-0.2, 0) is 19.5 Å². The Bertz CT molecular complexity index is 916. The fourth-order valence-electron chi connectivity index (χ4n) is 3.63. The van der Waals surface area contributed by atoms with E-state index in [1.165, 1.54) is 16.7 Å². The van der Waals surface area contributed by atoms with Crippen LogP contribution in [0, 0.1) is 0 Å². The number of hydrogen-bond donors (Lipinski definition) is 2. The Morgan fingerprint density at radius 1 is 0.906 bits per heavy atom. The fraction of sp³-hybridized carbons (Fsp3) is 0.333. The molecule has 170 valence electrons. The number of ether oxygens (including phenoxy) is 2. The Labute approximate surface area is 191 Å². The largest absolute Gasteiger partial charge is 0.496 e. The summed E-state index contributed by atoms with van der Waals surface area (Å²) in [4.78, 5) is 2.10. The van der Waals surface area contributed by atoms with Crippen molar-refractivity contribution >= 4 is 0 Å². The number of hydrogen-bond acceptors (Lipinski definition) is 5. The molecule has 1 unspecified atom stereocenters. The van der Waals surface area contributed by atoms with Crippen molar-refractivity contribution in [2.45, 2.75) is 25.6 Å². The van der Waals surface area contributed by atoms with Crippen LogP contribution in [0.3, 0.4) is 0 Å². The van der Waals surface area contributed by atoms with Gasteiger partial charge in [-0.1, -0.05) is 60.7 Å². The van der Waals surface area contributed by atoms with E-state index in [2.05, 4.69) is 40.5 Å². The molecule has 0 aliphatic carbocycles. The summed E-state index contributed by atoms with van der Waals surface area (Å²) in [6.45, 7) is 3.30. The van der Waals surface area contributed by atoms with Gasteiger partial charge >= 0.3 is 0 Å². The molecule has 3 rings (SSSR count). The Morgan fingerprint density at radius 2 is 1.62 bits per heavy atom. The number of nitrogens with one attached hydrogen (secondary N) is 1. The number of benzene rings is 3. The third-order valence-electron chi connectivity index (χ3n) is 5.28. The highest BCUT2D eigenvalue weighted by molar-refractivity contribution is 5.33. The number of aliphatic hydroxyl groups is 1. The first-order chi connectivity index (χ1) is 15.6. The molecule has 0 saturated heterocycles. The van der Waals surface area contributed by atoms with E-state index in [4.69, 9.17) is 9.47 Å². The highest BCUT2D eigenvalue weighted by Crippen LogP contribution is 2.17. The van der Waals surface area contributed by atoms with Crippen LogP contribution in [0.4, 0.5) is 0 Å². The SMILES string of the molecule is COc1ccccc1CCNCc1ccc(OCC(O)CN(C)Cc2ccccc2)cc1. The lowest BCUT2D eigenvalue weighted by atomic mass is 10.1. The van der Waals surface area contributed by atoms with E-state index in [1.54, 1.807) is 7.11 Å². The maximum absolute atomic E-state index is 10.3. The number of para-hydroxylation sites is 1. The molecule has 0 spiro atoms. The molecule has 1 atom stereocenters. The average molecular weight is 435 g/mol. The van der Waals surface area contributed by atoms with Crippen LogP contribution in [0.2, 0.25) is 0 Å². The van der Waals surface area contributed by atoms with E-state index in [1.807, 2.05) is 55.6 Å². The molecule has 0 aliphatic rings. The van der Waals surface area contributed by atoms with Crippen LogP contribution in [-0.4, -0.2) is 50.0 Å². The molecular weight excluding hydrogens is 400 g/mol. The summed E-state index contributed by atoms with van der Waals surface area (Å²) in [6, 6.07) is 26.4. The normalized spacial score (nSPS) is 12.0. The zero-order valence-corrected chi connectivity index (χ0v) is 19.0. The predicted molar refractivity (Wildman–Crippen MR) is 129 cm³/mol. The average Bonchev–Trinajstić information content (AvgIpc) is 2.82. The third kappa shape index (κ3) is 8.00. The van der Waals surface area contributed by atoms with E-state index < -0.39 is 6.10 Å². The third-order valence-corrected chi connectivity index (χ3v) is 5.28. The molecule has 0 aliphatic heterocycles. The summed E-state index contributed by atoms with van der Waals surface area (Å²) in [5.41, 5.74) is 3.63. The summed E-state index contributed by atoms with van der Waals surface area (Å²) in [6.07, 6.45) is 0.377. The fourth-order valence-corrected chi connectivity index (χ4v) is 3.63. The highest BCUT2D eigenvalue weighted by Gasteiger charge is 2.10. The highest BCUT2D eigenvalue weighted by atomic mass is 16.5. The van der Waals surface area contributed by atoms with Crippen molar-refractivity contribution in [1.29, 1.82) is 0 Å². The summed E-state index contributed by atoms with van der Waals surface area (Å²) in [5, 5.41) is 13.8. The van der Waals surface area contributed by atoms with Crippen LogP contribution in [0.25, 0.3) is 0 Å². The first-order valence-electron chi connectivity index (χ1n) is 11.1. The molecular formula is C27H34N2O3. The van der Waals surface area contributed by atoms with E-state index >= 15 is 0 Å². The van der Waals surface area contributed by atoms with Crippen molar-refractivity contribution in [3.05, 3.63) is 95.6 Å². The van der Waals surface area contributed by atoms with E-state index in [9.17, 15) is 5.11 Å². The maximum atomic E-state index is 10.3. The molecule has 0 bridgehead atoms. The predicted octanol–water partition coefficient (Wildman–Crippen LogP) is 3.90. The van der Waals surface area contributed by atoms with Crippen LogP contribution in [0.15, 0.2) is 78.9 Å². The lowest BCUT2D eigenvalue weighted by molar-refractivity contribution is 0.0744. The van der Waals surface area contributed by atoms with Crippen molar-refractivity contribution < 1.29 is 14.6 Å². The molecule has 0 saturated carbocycles. The van der Waals surface area contributed by atoms with Crippen molar-refractivity contribution in [3.63, 3.8) is 0 Å². The van der Waals surface area contributed by atoms with Gasteiger partial charge in [0.15, 0.2) is 0 Å².